The summed E-state index contributed by atoms with van der Waals surface area (Å²) in [5.41, 5.74) is 0. The van der Waals surface area contributed by atoms with Gasteiger partial charge >= 0.3 is 5.97 Å². The van der Waals surface area contributed by atoms with Crippen LogP contribution in [-0.4, -0.2) is 18.5 Å². The Morgan fingerprint density at radius 1 is 1.45 bits per heavy atom. The molecule has 0 aliphatic heterocycles. The third-order valence-corrected chi connectivity index (χ3v) is 0.642. The molecule has 5 heteroatoms. The van der Waals surface area contributed by atoms with E-state index in [9.17, 15) is 14.7 Å². The van der Waals surface area contributed by atoms with E-state index in [1.165, 1.54) is 0 Å². The molecule has 0 bridgehead atoms. The molecule has 63 valence electrons. The maximum Gasteiger partial charge on any atom is 0.330 e. The van der Waals surface area contributed by atoms with Crippen molar-refractivity contribution in [2.24, 2.45) is 0 Å². The van der Waals surface area contributed by atoms with E-state index < -0.39 is 11.9 Å². The summed E-state index contributed by atoms with van der Waals surface area (Å²) in [7, 11) is 0. The molecule has 4 nitrogen and oxygen atoms in total. The molecule has 0 atom stereocenters. The summed E-state index contributed by atoms with van der Waals surface area (Å²) in [6, 6.07) is 0. The molecular formula is C6H7MnO4-. The Labute approximate surface area is 74.7 Å². The van der Waals surface area contributed by atoms with Crippen LogP contribution in [0.4, 0.5) is 0 Å². The SMILES string of the molecule is CCOC(=O)/C=C/C(=O)[O-].[Mn]. The van der Waals surface area contributed by atoms with Gasteiger partial charge in [0.25, 0.3) is 0 Å². The van der Waals surface area contributed by atoms with Crippen molar-refractivity contribution in [1.29, 1.82) is 0 Å². The number of aliphatic carboxylic acids is 1. The monoisotopic (exact) mass is 198 g/mol. The van der Waals surface area contributed by atoms with Gasteiger partial charge in [-0.05, 0) is 13.0 Å². The molecule has 0 saturated carbocycles. The quantitative estimate of drug-likeness (QED) is 0.326. The number of carbonyl (C=O) groups is 2. The summed E-state index contributed by atoms with van der Waals surface area (Å²) >= 11 is 0. The normalized spacial score (nSPS) is 8.82. The van der Waals surface area contributed by atoms with Gasteiger partial charge in [-0.3, -0.25) is 0 Å². The van der Waals surface area contributed by atoms with Crippen LogP contribution in [-0.2, 0) is 31.4 Å². The summed E-state index contributed by atoms with van der Waals surface area (Å²) in [6.45, 7) is 1.86. The van der Waals surface area contributed by atoms with Crippen LogP contribution in [0.25, 0.3) is 0 Å². The number of carbonyl (C=O) groups excluding carboxylic acids is 2. The minimum Gasteiger partial charge on any atom is -0.545 e. The number of esters is 1. The van der Waals surface area contributed by atoms with Gasteiger partial charge in [0.2, 0.25) is 0 Å². The van der Waals surface area contributed by atoms with E-state index in [-0.39, 0.29) is 23.7 Å². The van der Waals surface area contributed by atoms with Crippen LogP contribution >= 0.6 is 0 Å². The Morgan fingerprint density at radius 2 is 2.00 bits per heavy atom. The van der Waals surface area contributed by atoms with Gasteiger partial charge in [-0.25, -0.2) is 4.79 Å². The first-order valence-corrected chi connectivity index (χ1v) is 2.72. The van der Waals surface area contributed by atoms with E-state index in [0.29, 0.717) is 6.08 Å². The minimum absolute atomic E-state index is 0. The molecule has 0 aromatic heterocycles. The second-order valence-electron chi connectivity index (χ2n) is 1.40. The van der Waals surface area contributed by atoms with Crippen LogP contribution in [0.1, 0.15) is 6.92 Å². The minimum atomic E-state index is -1.41. The molecule has 0 amide bonds. The van der Waals surface area contributed by atoms with E-state index in [4.69, 9.17) is 0 Å². The number of hydrogen-bond acceptors (Lipinski definition) is 4. The van der Waals surface area contributed by atoms with Gasteiger partial charge in [-0.1, -0.05) is 0 Å². The first-order valence-electron chi connectivity index (χ1n) is 2.72. The fraction of sp³-hybridized carbons (Fsp3) is 0.333. The van der Waals surface area contributed by atoms with Gasteiger partial charge in [0, 0.05) is 23.1 Å². The molecule has 0 spiro atoms. The van der Waals surface area contributed by atoms with Gasteiger partial charge in [0.05, 0.1) is 12.6 Å². The van der Waals surface area contributed by atoms with Crippen molar-refractivity contribution in [2.45, 2.75) is 6.92 Å². The van der Waals surface area contributed by atoms with Gasteiger partial charge in [0.15, 0.2) is 0 Å². The third kappa shape index (κ3) is 9.20. The van der Waals surface area contributed by atoms with Crippen LogP contribution in [0.15, 0.2) is 12.2 Å². The van der Waals surface area contributed by atoms with Crippen molar-refractivity contribution >= 4 is 11.9 Å². The second-order valence-corrected chi connectivity index (χ2v) is 1.40. The van der Waals surface area contributed by atoms with Crippen molar-refractivity contribution in [3.63, 3.8) is 0 Å². The zero-order chi connectivity index (χ0) is 7.98. The summed E-state index contributed by atoms with van der Waals surface area (Å²) in [5, 5.41) is 9.70. The molecule has 0 unspecified atom stereocenters. The zero-order valence-electron chi connectivity index (χ0n) is 5.87. The molecule has 0 N–H and O–H groups in total. The smallest absolute Gasteiger partial charge is 0.330 e. The van der Waals surface area contributed by atoms with E-state index in [0.717, 1.165) is 6.08 Å². The van der Waals surface area contributed by atoms with E-state index in [2.05, 4.69) is 4.74 Å². The molecule has 1 radical (unpaired) electrons. The van der Waals surface area contributed by atoms with Crippen LogP contribution in [0.2, 0.25) is 0 Å². The Morgan fingerprint density at radius 3 is 2.36 bits per heavy atom. The van der Waals surface area contributed by atoms with Crippen molar-refractivity contribution in [3.05, 3.63) is 12.2 Å². The summed E-state index contributed by atoms with van der Waals surface area (Å²) in [4.78, 5) is 20.0. The Balaban J connectivity index is 0. The average Bonchev–Trinajstić information content (AvgIpc) is 1.85. The molecule has 0 aliphatic rings. The molecule has 0 aromatic carbocycles. The third-order valence-electron chi connectivity index (χ3n) is 0.642. The topological polar surface area (TPSA) is 66.4 Å². The van der Waals surface area contributed by atoms with Crippen LogP contribution in [0.3, 0.4) is 0 Å². The Kier molecular flexibility index (Phi) is 8.53. The van der Waals surface area contributed by atoms with Gasteiger partial charge in [-0.2, -0.15) is 0 Å². The fourth-order valence-electron chi connectivity index (χ4n) is 0.326. The molecule has 0 aliphatic carbocycles. The first kappa shape index (κ1) is 12.8. The predicted octanol–water partition coefficient (Wildman–Crippen LogP) is -1.15. The maximum absolute atomic E-state index is 10.3. The molecule has 0 saturated heterocycles. The zero-order valence-corrected chi connectivity index (χ0v) is 7.05. The number of carboxylic acids is 1. The molecule has 0 rings (SSSR count). The van der Waals surface area contributed by atoms with Crippen molar-refractivity contribution < 1.29 is 36.5 Å². The van der Waals surface area contributed by atoms with Crippen molar-refractivity contribution in [3.8, 4) is 0 Å². The molecule has 11 heavy (non-hydrogen) atoms. The van der Waals surface area contributed by atoms with Gasteiger partial charge < -0.3 is 14.6 Å². The summed E-state index contributed by atoms with van der Waals surface area (Å²) in [5.74, 6) is -2.08. The first-order chi connectivity index (χ1) is 4.66. The van der Waals surface area contributed by atoms with E-state index in [1.54, 1.807) is 6.92 Å². The van der Waals surface area contributed by atoms with Crippen molar-refractivity contribution in [2.75, 3.05) is 6.61 Å². The Hall–Kier alpha value is -0.801. The maximum atomic E-state index is 10.3. The largest absolute Gasteiger partial charge is 0.545 e. The molecule has 0 fully saturated rings. The van der Waals surface area contributed by atoms with Gasteiger partial charge in [-0.15, -0.1) is 0 Å². The van der Waals surface area contributed by atoms with Crippen LogP contribution in [0.5, 0.6) is 0 Å². The number of carboxylic acid groups (broad SMARTS) is 1. The predicted molar refractivity (Wildman–Crippen MR) is 30.8 cm³/mol. The summed E-state index contributed by atoms with van der Waals surface area (Å²) in [6.07, 6.45) is 1.43. The van der Waals surface area contributed by atoms with Crippen molar-refractivity contribution in [1.82, 2.24) is 0 Å². The number of rotatable bonds is 3. The molecule has 0 aromatic rings. The van der Waals surface area contributed by atoms with Crippen LogP contribution < -0.4 is 5.11 Å². The second kappa shape index (κ2) is 7.31. The molecular weight excluding hydrogens is 191 g/mol. The summed E-state index contributed by atoms with van der Waals surface area (Å²) < 4.78 is 4.38. The average molecular weight is 198 g/mol. The fourth-order valence-corrected chi connectivity index (χ4v) is 0.326. The number of ether oxygens (including phenoxy) is 1. The van der Waals surface area contributed by atoms with Crippen LogP contribution in [0, 0.1) is 0 Å². The Bertz CT molecular complexity index is 164. The van der Waals surface area contributed by atoms with E-state index >= 15 is 0 Å². The molecule has 0 heterocycles. The van der Waals surface area contributed by atoms with E-state index in [1.807, 2.05) is 0 Å². The standard InChI is InChI=1S/C6H8O4.Mn/c1-2-10-6(9)4-3-5(7)8;/h3-4H,2H2,1H3,(H,7,8);/p-1/b4-3+;. The van der Waals surface area contributed by atoms with Gasteiger partial charge in [0.1, 0.15) is 0 Å². The number of hydrogen-bond donors (Lipinski definition) is 0.